The summed E-state index contributed by atoms with van der Waals surface area (Å²) in [6.45, 7) is 7.19. The van der Waals surface area contributed by atoms with Crippen molar-refractivity contribution in [1.29, 1.82) is 0 Å². The fourth-order valence-corrected chi connectivity index (χ4v) is 1.47. The number of unbranched alkanes of at least 4 members (excludes halogenated alkanes) is 1. The predicted octanol–water partition coefficient (Wildman–Crippen LogP) is 2.53. The molecule has 4 nitrogen and oxygen atoms in total. The first-order valence-electron chi connectivity index (χ1n) is 6.05. The van der Waals surface area contributed by atoms with Crippen molar-refractivity contribution in [1.82, 2.24) is 9.97 Å². The third-order valence-electron chi connectivity index (χ3n) is 2.53. The largest absolute Gasteiger partial charge is 0.383 e. The molecule has 0 aliphatic carbocycles. The molecule has 0 saturated heterocycles. The first-order valence-corrected chi connectivity index (χ1v) is 6.05. The highest BCUT2D eigenvalue weighted by molar-refractivity contribution is 5.54. The maximum absolute atomic E-state index is 5.86. The van der Waals surface area contributed by atoms with Crippen LogP contribution in [-0.2, 0) is 6.42 Å². The SMILES string of the molecule is CCCCNc1nc(CCC)nc(N)c1C. The van der Waals surface area contributed by atoms with Gasteiger partial charge >= 0.3 is 0 Å². The summed E-state index contributed by atoms with van der Waals surface area (Å²) in [5, 5.41) is 3.32. The molecule has 0 atom stereocenters. The first-order chi connectivity index (χ1) is 7.69. The molecule has 16 heavy (non-hydrogen) atoms. The Balaban J connectivity index is 2.79. The highest BCUT2D eigenvalue weighted by atomic mass is 15.1. The number of hydrogen-bond acceptors (Lipinski definition) is 4. The Labute approximate surface area is 97.7 Å². The number of anilines is 2. The zero-order valence-electron chi connectivity index (χ0n) is 10.5. The molecule has 1 aromatic rings. The number of nitrogens with two attached hydrogens (primary N) is 1. The minimum atomic E-state index is 0.595. The van der Waals surface area contributed by atoms with Crippen molar-refractivity contribution in [2.75, 3.05) is 17.6 Å². The Morgan fingerprint density at radius 3 is 2.56 bits per heavy atom. The summed E-state index contributed by atoms with van der Waals surface area (Å²) in [7, 11) is 0. The van der Waals surface area contributed by atoms with E-state index in [0.29, 0.717) is 5.82 Å². The van der Waals surface area contributed by atoms with E-state index in [9.17, 15) is 0 Å². The van der Waals surface area contributed by atoms with Crippen LogP contribution < -0.4 is 11.1 Å². The van der Waals surface area contributed by atoms with Crippen molar-refractivity contribution in [3.05, 3.63) is 11.4 Å². The second-order valence-corrected chi connectivity index (χ2v) is 4.03. The molecule has 3 N–H and O–H groups in total. The van der Waals surface area contributed by atoms with Gasteiger partial charge in [0.1, 0.15) is 17.5 Å². The van der Waals surface area contributed by atoms with E-state index in [-0.39, 0.29) is 0 Å². The minimum Gasteiger partial charge on any atom is -0.383 e. The van der Waals surface area contributed by atoms with Gasteiger partial charge in [0.25, 0.3) is 0 Å². The lowest BCUT2D eigenvalue weighted by Gasteiger charge is -2.11. The lowest BCUT2D eigenvalue weighted by molar-refractivity contribution is 0.812. The van der Waals surface area contributed by atoms with Crippen LogP contribution in [0.25, 0.3) is 0 Å². The Hall–Kier alpha value is -1.32. The molecular formula is C12H22N4. The lowest BCUT2D eigenvalue weighted by Crippen LogP contribution is -2.10. The highest BCUT2D eigenvalue weighted by Crippen LogP contribution is 2.17. The van der Waals surface area contributed by atoms with Crippen LogP contribution in [0.15, 0.2) is 0 Å². The molecule has 0 amide bonds. The van der Waals surface area contributed by atoms with Gasteiger partial charge in [-0.1, -0.05) is 20.3 Å². The number of aromatic nitrogens is 2. The Morgan fingerprint density at radius 2 is 1.94 bits per heavy atom. The Bertz CT molecular complexity index is 336. The second kappa shape index (κ2) is 6.30. The van der Waals surface area contributed by atoms with Crippen LogP contribution >= 0.6 is 0 Å². The van der Waals surface area contributed by atoms with E-state index in [1.165, 1.54) is 6.42 Å². The van der Waals surface area contributed by atoms with E-state index in [4.69, 9.17) is 5.73 Å². The van der Waals surface area contributed by atoms with Crippen molar-refractivity contribution in [3.8, 4) is 0 Å². The van der Waals surface area contributed by atoms with Crippen LogP contribution in [-0.4, -0.2) is 16.5 Å². The molecule has 0 unspecified atom stereocenters. The zero-order chi connectivity index (χ0) is 12.0. The molecule has 0 aliphatic rings. The third kappa shape index (κ3) is 3.36. The maximum Gasteiger partial charge on any atom is 0.134 e. The van der Waals surface area contributed by atoms with Gasteiger partial charge in [0, 0.05) is 18.5 Å². The van der Waals surface area contributed by atoms with Gasteiger partial charge in [-0.2, -0.15) is 0 Å². The third-order valence-corrected chi connectivity index (χ3v) is 2.53. The van der Waals surface area contributed by atoms with Gasteiger partial charge in [-0.3, -0.25) is 0 Å². The van der Waals surface area contributed by atoms with E-state index in [1.54, 1.807) is 0 Å². The Kier molecular flexibility index (Phi) is 5.02. The van der Waals surface area contributed by atoms with Gasteiger partial charge in [-0.05, 0) is 19.8 Å². The maximum atomic E-state index is 5.86. The Morgan fingerprint density at radius 1 is 1.19 bits per heavy atom. The van der Waals surface area contributed by atoms with Gasteiger partial charge < -0.3 is 11.1 Å². The van der Waals surface area contributed by atoms with Crippen LogP contribution in [0, 0.1) is 6.92 Å². The normalized spacial score (nSPS) is 10.4. The summed E-state index contributed by atoms with van der Waals surface area (Å²) in [5.41, 5.74) is 6.82. The molecule has 4 heteroatoms. The van der Waals surface area contributed by atoms with E-state index >= 15 is 0 Å². The van der Waals surface area contributed by atoms with Crippen LogP contribution in [0.5, 0.6) is 0 Å². The van der Waals surface area contributed by atoms with E-state index in [2.05, 4.69) is 29.1 Å². The van der Waals surface area contributed by atoms with Crippen molar-refractivity contribution in [2.24, 2.45) is 0 Å². The molecule has 1 aromatic heterocycles. The number of rotatable bonds is 6. The first kappa shape index (κ1) is 12.7. The average Bonchev–Trinajstić information content (AvgIpc) is 2.25. The van der Waals surface area contributed by atoms with Crippen molar-refractivity contribution >= 4 is 11.6 Å². The number of nitrogen functional groups attached to an aromatic ring is 1. The highest BCUT2D eigenvalue weighted by Gasteiger charge is 2.07. The summed E-state index contributed by atoms with van der Waals surface area (Å²) in [6, 6.07) is 0. The molecule has 0 radical (unpaired) electrons. The van der Waals surface area contributed by atoms with Gasteiger partial charge in [-0.25, -0.2) is 9.97 Å². The standard InChI is InChI=1S/C12H22N4/c1-4-6-8-14-12-9(3)11(13)15-10(16-12)7-5-2/h4-8H2,1-3H3,(H3,13,14,15,16). The zero-order valence-corrected chi connectivity index (χ0v) is 10.5. The molecule has 0 aliphatic heterocycles. The van der Waals surface area contributed by atoms with Gasteiger partial charge in [0.15, 0.2) is 0 Å². The minimum absolute atomic E-state index is 0.595. The summed E-state index contributed by atoms with van der Waals surface area (Å²) < 4.78 is 0. The fourth-order valence-electron chi connectivity index (χ4n) is 1.47. The summed E-state index contributed by atoms with van der Waals surface area (Å²) in [5.74, 6) is 2.33. The summed E-state index contributed by atoms with van der Waals surface area (Å²) >= 11 is 0. The number of nitrogens with one attached hydrogen (secondary N) is 1. The molecule has 0 fully saturated rings. The predicted molar refractivity (Wildman–Crippen MR) is 68.6 cm³/mol. The fraction of sp³-hybridized carbons (Fsp3) is 0.667. The molecule has 90 valence electrons. The van der Waals surface area contributed by atoms with E-state index < -0.39 is 0 Å². The summed E-state index contributed by atoms with van der Waals surface area (Å²) in [6.07, 6.45) is 4.24. The topological polar surface area (TPSA) is 63.8 Å². The molecule has 0 bridgehead atoms. The number of aryl methyl sites for hydroxylation is 1. The van der Waals surface area contributed by atoms with Crippen LogP contribution in [0.4, 0.5) is 11.6 Å². The van der Waals surface area contributed by atoms with Crippen molar-refractivity contribution in [3.63, 3.8) is 0 Å². The monoisotopic (exact) mass is 222 g/mol. The lowest BCUT2D eigenvalue weighted by atomic mass is 10.2. The van der Waals surface area contributed by atoms with Crippen LogP contribution in [0.3, 0.4) is 0 Å². The van der Waals surface area contributed by atoms with Crippen LogP contribution in [0.1, 0.15) is 44.5 Å². The second-order valence-electron chi connectivity index (χ2n) is 4.03. The number of hydrogen-bond donors (Lipinski definition) is 2. The smallest absolute Gasteiger partial charge is 0.134 e. The molecular weight excluding hydrogens is 200 g/mol. The molecule has 0 saturated carbocycles. The van der Waals surface area contributed by atoms with E-state index in [1.807, 2.05) is 6.92 Å². The van der Waals surface area contributed by atoms with Crippen molar-refractivity contribution in [2.45, 2.75) is 46.5 Å². The van der Waals surface area contributed by atoms with Gasteiger partial charge in [-0.15, -0.1) is 0 Å². The molecule has 1 heterocycles. The molecule has 1 rings (SSSR count). The number of nitrogens with zero attached hydrogens (tertiary/aromatic N) is 2. The average molecular weight is 222 g/mol. The molecule has 0 spiro atoms. The van der Waals surface area contributed by atoms with Crippen molar-refractivity contribution < 1.29 is 0 Å². The quantitative estimate of drug-likeness (QED) is 0.726. The van der Waals surface area contributed by atoms with E-state index in [0.717, 1.165) is 43.0 Å². The summed E-state index contributed by atoms with van der Waals surface area (Å²) in [4.78, 5) is 8.77. The van der Waals surface area contributed by atoms with Crippen LogP contribution in [0.2, 0.25) is 0 Å². The van der Waals surface area contributed by atoms with Gasteiger partial charge in [0.05, 0.1) is 0 Å². The van der Waals surface area contributed by atoms with Gasteiger partial charge in [0.2, 0.25) is 0 Å². The molecule has 0 aromatic carbocycles.